The van der Waals surface area contributed by atoms with Crippen molar-refractivity contribution in [3.05, 3.63) is 66.0 Å². The first-order valence-electron chi connectivity index (χ1n) is 27.6. The molecule has 380 valence electrons. The van der Waals surface area contributed by atoms with E-state index < -0.39 is 5.41 Å². The van der Waals surface area contributed by atoms with Crippen LogP contribution in [0, 0.1) is 11.8 Å². The van der Waals surface area contributed by atoms with Gasteiger partial charge in [0.25, 0.3) is 0 Å². The molecule has 2 aromatic carbocycles. The number of carbonyl (C=O) groups excluding carboxylic acids is 5. The Hall–Kier alpha value is -5.83. The molecule has 7 heterocycles. The number of piperidine rings is 4. The van der Waals surface area contributed by atoms with Crippen molar-refractivity contribution in [1.29, 1.82) is 0 Å². The Bertz CT molecular complexity index is 2730. The van der Waals surface area contributed by atoms with Crippen LogP contribution in [0.1, 0.15) is 146 Å². The number of imidazole rings is 1. The van der Waals surface area contributed by atoms with Crippen LogP contribution < -0.4 is 20.9 Å². The summed E-state index contributed by atoms with van der Waals surface area (Å²) in [6, 6.07) is 18.3. The number of imide groups is 1. The summed E-state index contributed by atoms with van der Waals surface area (Å²) in [4.78, 5) is 86.3. The van der Waals surface area contributed by atoms with Crippen LogP contribution in [0.25, 0.3) is 22.3 Å². The third kappa shape index (κ3) is 8.84. The summed E-state index contributed by atoms with van der Waals surface area (Å²) in [5, 5.41) is 9.79. The van der Waals surface area contributed by atoms with Crippen LogP contribution in [0.2, 0.25) is 0 Å². The third-order valence-electron chi connectivity index (χ3n) is 18.2. The highest BCUT2D eigenvalue weighted by Crippen LogP contribution is 2.52. The second-order valence-corrected chi connectivity index (χ2v) is 23.0. The normalized spacial score (nSPS) is 27.0. The largest absolute Gasteiger partial charge is 0.382 e. The van der Waals surface area contributed by atoms with Gasteiger partial charge in [-0.15, -0.1) is 0 Å². The Labute approximate surface area is 423 Å². The molecule has 4 aromatic rings. The van der Waals surface area contributed by atoms with Gasteiger partial charge in [-0.05, 0) is 159 Å². The molecule has 72 heavy (non-hydrogen) atoms. The monoisotopic (exact) mass is 977 g/mol. The van der Waals surface area contributed by atoms with Crippen molar-refractivity contribution in [3.8, 4) is 11.3 Å². The van der Waals surface area contributed by atoms with Crippen LogP contribution in [0.4, 0.5) is 17.2 Å². The molecule has 5 aliphatic heterocycles. The molecule has 2 aromatic heterocycles. The van der Waals surface area contributed by atoms with Gasteiger partial charge < -0.3 is 34.8 Å². The number of likely N-dealkylation sites (tertiary alicyclic amines) is 3. The number of nitrogens with one attached hydrogen (secondary N) is 3. The Morgan fingerprint density at radius 2 is 1.39 bits per heavy atom. The molecule has 0 bridgehead atoms. The molecule has 3 aliphatic carbocycles. The quantitative estimate of drug-likeness (QED) is 0.126. The number of nitrogens with zero attached hydrogens (tertiary/aromatic N) is 7. The highest BCUT2D eigenvalue weighted by Gasteiger charge is 2.56. The van der Waals surface area contributed by atoms with Gasteiger partial charge in [0.15, 0.2) is 5.82 Å². The lowest BCUT2D eigenvalue weighted by molar-refractivity contribution is -0.144. The Balaban J connectivity index is 0.681. The van der Waals surface area contributed by atoms with E-state index in [2.05, 4.69) is 68.4 Å². The van der Waals surface area contributed by atoms with Crippen LogP contribution in [-0.2, 0) is 29.4 Å². The Kier molecular flexibility index (Phi) is 12.6. The number of aromatic nitrogens is 3. The van der Waals surface area contributed by atoms with E-state index in [9.17, 15) is 19.2 Å². The minimum atomic E-state index is -0.667. The summed E-state index contributed by atoms with van der Waals surface area (Å²) in [5.41, 5.74) is 7.17. The van der Waals surface area contributed by atoms with Gasteiger partial charge >= 0.3 is 0 Å². The predicted octanol–water partition coefficient (Wildman–Crippen LogP) is 7.91. The zero-order valence-electron chi connectivity index (χ0n) is 42.3. The number of rotatable bonds is 11. The molecule has 8 aliphatic rings. The summed E-state index contributed by atoms with van der Waals surface area (Å²) >= 11 is 0. The first-order valence-corrected chi connectivity index (χ1v) is 27.6. The van der Waals surface area contributed by atoms with E-state index in [0.717, 1.165) is 115 Å². The molecule has 1 atom stereocenters. The van der Waals surface area contributed by atoms with Crippen molar-refractivity contribution in [2.24, 2.45) is 11.8 Å². The summed E-state index contributed by atoms with van der Waals surface area (Å²) < 4.78 is 2.20. The number of carbonyl (C=O) groups is 5. The van der Waals surface area contributed by atoms with E-state index in [1.807, 2.05) is 40.4 Å². The van der Waals surface area contributed by atoms with E-state index >= 15 is 4.79 Å². The molecule has 15 nitrogen and oxygen atoms in total. The molecule has 1 unspecified atom stereocenters. The van der Waals surface area contributed by atoms with Crippen LogP contribution in [0.5, 0.6) is 0 Å². The fraction of sp³-hybridized carbons (Fsp3) is 0.596. The minimum absolute atomic E-state index is 0.00199. The van der Waals surface area contributed by atoms with Crippen molar-refractivity contribution in [1.82, 2.24) is 34.6 Å². The van der Waals surface area contributed by atoms with E-state index in [1.165, 1.54) is 19.3 Å². The van der Waals surface area contributed by atoms with Gasteiger partial charge in [0.2, 0.25) is 29.5 Å². The van der Waals surface area contributed by atoms with Crippen molar-refractivity contribution in [3.63, 3.8) is 0 Å². The maximum absolute atomic E-state index is 15.2. The predicted molar refractivity (Wildman–Crippen MR) is 277 cm³/mol. The van der Waals surface area contributed by atoms with Gasteiger partial charge in [-0.1, -0.05) is 30.7 Å². The molecular formula is C57H72N10O5. The fourth-order valence-corrected chi connectivity index (χ4v) is 13.6. The van der Waals surface area contributed by atoms with Crippen LogP contribution >= 0.6 is 0 Å². The molecule has 0 radical (unpaired) electrons. The molecule has 12 rings (SSSR count). The summed E-state index contributed by atoms with van der Waals surface area (Å²) in [6.07, 6.45) is 16.9. The standard InChI is InChI=1S/C57H72N10O5/c1-35(2)66-34-58-48-33-47(61-52(51(48)66)60-42-15-16-42)39-10-18-46-49(30-39)67(44-31-43(32-44)63-24-4-3-5-25-63)56(72)57(46)22-28-65(29-23-57)55(71)38-20-26-64(27-21-38)54(70)37-8-13-41(14-9-37)59-40-11-6-36(7-12-40)45-17-19-50(68)62-53(45)69/h6-7,10-12,18,30,33-35,37-38,41-45,59H,3-5,8-9,13-17,19-29,31-32H2,1-2H3,(H,60,61)(H,62,68,69). The number of amides is 5. The number of fused-ring (bicyclic) bond motifs is 3. The maximum Gasteiger partial charge on any atom is 0.238 e. The summed E-state index contributed by atoms with van der Waals surface area (Å²) in [6.45, 7) is 8.97. The summed E-state index contributed by atoms with van der Waals surface area (Å²) in [5.74, 6) is 0.629. The SMILES string of the molecule is CC(C)n1cnc2cc(-c3ccc4c(c3)N(C3CC(N5CCCCC5)C3)C(=O)C43CCN(C(=O)C4CCN(C(=O)C5CCC(Nc6ccc(C7CCC(=O)NC7=O)cc6)CC5)CC4)CC3)nc(NC3CC3)c21. The number of benzene rings is 2. The molecule has 5 amide bonds. The van der Waals surface area contributed by atoms with Crippen molar-refractivity contribution < 1.29 is 24.0 Å². The lowest BCUT2D eigenvalue weighted by Gasteiger charge is -2.48. The average molecular weight is 977 g/mol. The first-order chi connectivity index (χ1) is 35.0. The topological polar surface area (TPSA) is 165 Å². The molecule has 7 fully saturated rings. The zero-order chi connectivity index (χ0) is 49.3. The fourth-order valence-electron chi connectivity index (χ4n) is 13.6. The highest BCUT2D eigenvalue weighted by atomic mass is 16.2. The van der Waals surface area contributed by atoms with Gasteiger partial charge in [-0.3, -0.25) is 29.3 Å². The second kappa shape index (κ2) is 19.2. The van der Waals surface area contributed by atoms with Gasteiger partial charge in [0, 0.05) is 91.6 Å². The van der Waals surface area contributed by atoms with E-state index in [4.69, 9.17) is 9.97 Å². The average Bonchev–Trinajstić information content (AvgIpc) is 4.05. The Morgan fingerprint density at radius 1 is 0.722 bits per heavy atom. The highest BCUT2D eigenvalue weighted by molar-refractivity contribution is 6.09. The van der Waals surface area contributed by atoms with E-state index in [1.54, 1.807) is 0 Å². The number of pyridine rings is 1. The zero-order valence-corrected chi connectivity index (χ0v) is 42.3. The van der Waals surface area contributed by atoms with Gasteiger partial charge in [-0.25, -0.2) is 9.97 Å². The number of anilines is 3. The van der Waals surface area contributed by atoms with Gasteiger partial charge in [0.1, 0.15) is 5.52 Å². The minimum Gasteiger partial charge on any atom is -0.382 e. The van der Waals surface area contributed by atoms with Gasteiger partial charge in [0.05, 0.1) is 28.9 Å². The molecule has 1 spiro atoms. The summed E-state index contributed by atoms with van der Waals surface area (Å²) in [7, 11) is 0. The van der Waals surface area contributed by atoms with E-state index in [-0.39, 0.29) is 65.4 Å². The van der Waals surface area contributed by atoms with Crippen LogP contribution in [-0.4, -0.2) is 122 Å². The van der Waals surface area contributed by atoms with Crippen molar-refractivity contribution in [2.45, 2.75) is 165 Å². The van der Waals surface area contributed by atoms with Crippen molar-refractivity contribution in [2.75, 3.05) is 54.8 Å². The van der Waals surface area contributed by atoms with Crippen LogP contribution in [0.15, 0.2) is 54.9 Å². The molecule has 4 saturated heterocycles. The maximum atomic E-state index is 15.2. The molecule has 15 heteroatoms. The van der Waals surface area contributed by atoms with Gasteiger partial charge in [-0.2, -0.15) is 0 Å². The van der Waals surface area contributed by atoms with Crippen LogP contribution in [0.3, 0.4) is 0 Å². The number of hydrogen-bond donors (Lipinski definition) is 3. The first kappa shape index (κ1) is 47.2. The smallest absolute Gasteiger partial charge is 0.238 e. The molecular weight excluding hydrogens is 905 g/mol. The van der Waals surface area contributed by atoms with Crippen molar-refractivity contribution >= 4 is 57.8 Å². The lowest BCUT2D eigenvalue weighted by Crippen LogP contribution is -2.58. The van der Waals surface area contributed by atoms with E-state index in [0.29, 0.717) is 76.8 Å². The lowest BCUT2D eigenvalue weighted by atomic mass is 9.73. The Morgan fingerprint density at radius 3 is 2.07 bits per heavy atom. The third-order valence-corrected chi connectivity index (χ3v) is 18.2. The molecule has 3 saturated carbocycles. The molecule has 3 N–H and O–H groups in total. The second-order valence-electron chi connectivity index (χ2n) is 23.0. The number of hydrogen-bond acceptors (Lipinski definition) is 10.